The van der Waals surface area contributed by atoms with Crippen LogP contribution in [0.2, 0.25) is 0 Å². The van der Waals surface area contributed by atoms with Crippen molar-refractivity contribution >= 4 is 6.09 Å². The molecule has 1 unspecified atom stereocenters. The number of cyclic esters (lactones) is 1. The maximum atomic E-state index is 11.2. The molecule has 1 saturated carbocycles. The molecule has 0 aromatic rings. The molecular formula is C11H19NO3. The van der Waals surface area contributed by atoms with Gasteiger partial charge in [-0.15, -0.1) is 0 Å². The number of rotatable bonds is 3. The molecule has 1 aliphatic carbocycles. The molecule has 1 amide bonds. The summed E-state index contributed by atoms with van der Waals surface area (Å²) in [5, 5.41) is 10.0. The Balaban J connectivity index is 1.79. The summed E-state index contributed by atoms with van der Waals surface area (Å²) < 4.78 is 4.83. The van der Waals surface area contributed by atoms with Gasteiger partial charge in [0.2, 0.25) is 0 Å². The van der Waals surface area contributed by atoms with Crippen molar-refractivity contribution in [1.82, 2.24) is 4.90 Å². The van der Waals surface area contributed by atoms with Crippen molar-refractivity contribution < 1.29 is 14.6 Å². The van der Waals surface area contributed by atoms with Gasteiger partial charge >= 0.3 is 6.09 Å². The van der Waals surface area contributed by atoms with Gasteiger partial charge in [-0.25, -0.2) is 4.79 Å². The predicted octanol–water partition coefficient (Wildman–Crippen LogP) is 1.38. The third kappa shape index (κ3) is 2.62. The minimum absolute atomic E-state index is 0.273. The number of aliphatic hydroxyl groups is 1. The largest absolute Gasteiger partial charge is 0.448 e. The maximum absolute atomic E-state index is 11.2. The number of hydrogen-bond donors (Lipinski definition) is 1. The molecule has 1 N–H and O–H groups in total. The highest BCUT2D eigenvalue weighted by molar-refractivity contribution is 5.69. The van der Waals surface area contributed by atoms with Gasteiger partial charge in [-0.05, 0) is 18.8 Å². The van der Waals surface area contributed by atoms with Crippen LogP contribution in [-0.2, 0) is 4.74 Å². The molecule has 2 aliphatic rings. The van der Waals surface area contributed by atoms with Crippen molar-refractivity contribution in [2.24, 2.45) is 5.92 Å². The fourth-order valence-corrected chi connectivity index (χ4v) is 2.49. The number of β-amino-alcohol motifs (C(OH)–C–C–N with tert-alkyl or cyclic N) is 1. The Morgan fingerprint density at radius 2 is 2.13 bits per heavy atom. The van der Waals surface area contributed by atoms with Crippen LogP contribution in [0, 0.1) is 5.92 Å². The summed E-state index contributed by atoms with van der Waals surface area (Å²) in [7, 11) is 0. The molecule has 4 heteroatoms. The van der Waals surface area contributed by atoms with Gasteiger partial charge in [-0.1, -0.05) is 19.3 Å². The third-order valence-electron chi connectivity index (χ3n) is 3.45. The zero-order valence-corrected chi connectivity index (χ0v) is 9.02. The fourth-order valence-electron chi connectivity index (χ4n) is 2.49. The van der Waals surface area contributed by atoms with Gasteiger partial charge in [0.25, 0.3) is 0 Å². The normalized spacial score (nSPS) is 25.4. The SMILES string of the molecule is O=C1OCCN1CC(O)C1CCCCC1. The molecule has 86 valence electrons. The first-order chi connectivity index (χ1) is 7.27. The molecule has 0 spiro atoms. The molecule has 1 aliphatic heterocycles. The van der Waals surface area contributed by atoms with Crippen LogP contribution < -0.4 is 0 Å². The van der Waals surface area contributed by atoms with Gasteiger partial charge in [-0.2, -0.15) is 0 Å². The number of aliphatic hydroxyl groups excluding tert-OH is 1. The molecule has 15 heavy (non-hydrogen) atoms. The third-order valence-corrected chi connectivity index (χ3v) is 3.45. The van der Waals surface area contributed by atoms with Crippen LogP contribution in [0.25, 0.3) is 0 Å². The molecule has 0 aromatic heterocycles. The van der Waals surface area contributed by atoms with Gasteiger partial charge < -0.3 is 14.7 Å². The van der Waals surface area contributed by atoms with Crippen LogP contribution in [0.1, 0.15) is 32.1 Å². The number of carbonyl (C=O) groups excluding carboxylic acids is 1. The van der Waals surface area contributed by atoms with Crippen LogP contribution in [0.5, 0.6) is 0 Å². The van der Waals surface area contributed by atoms with E-state index >= 15 is 0 Å². The van der Waals surface area contributed by atoms with E-state index in [1.54, 1.807) is 4.90 Å². The Bertz CT molecular complexity index is 226. The highest BCUT2D eigenvalue weighted by Crippen LogP contribution is 2.27. The lowest BCUT2D eigenvalue weighted by molar-refractivity contribution is 0.0585. The predicted molar refractivity (Wildman–Crippen MR) is 55.5 cm³/mol. The molecule has 2 rings (SSSR count). The topological polar surface area (TPSA) is 49.8 Å². The summed E-state index contributed by atoms with van der Waals surface area (Å²) in [5.41, 5.74) is 0. The standard InChI is InChI=1S/C11H19NO3/c13-10(9-4-2-1-3-5-9)8-12-6-7-15-11(12)14/h9-10,13H,1-8H2. The van der Waals surface area contributed by atoms with Crippen LogP contribution in [0.4, 0.5) is 4.79 Å². The van der Waals surface area contributed by atoms with E-state index in [0.29, 0.717) is 25.6 Å². The first-order valence-electron chi connectivity index (χ1n) is 5.87. The number of amides is 1. The van der Waals surface area contributed by atoms with Gasteiger partial charge in [-0.3, -0.25) is 0 Å². The Labute approximate surface area is 90.2 Å². The summed E-state index contributed by atoms with van der Waals surface area (Å²) >= 11 is 0. The quantitative estimate of drug-likeness (QED) is 0.770. The van der Waals surface area contributed by atoms with Gasteiger partial charge in [0, 0.05) is 0 Å². The van der Waals surface area contributed by atoms with E-state index in [0.717, 1.165) is 12.8 Å². The zero-order chi connectivity index (χ0) is 10.7. The summed E-state index contributed by atoms with van der Waals surface area (Å²) in [5.74, 6) is 0.382. The van der Waals surface area contributed by atoms with Gasteiger partial charge in [0.15, 0.2) is 0 Å². The lowest BCUT2D eigenvalue weighted by Crippen LogP contribution is -2.37. The average molecular weight is 213 g/mol. The molecule has 4 nitrogen and oxygen atoms in total. The molecule has 0 bridgehead atoms. The fraction of sp³-hybridized carbons (Fsp3) is 0.909. The second-order valence-corrected chi connectivity index (χ2v) is 4.53. The zero-order valence-electron chi connectivity index (χ0n) is 9.02. The highest BCUT2D eigenvalue weighted by Gasteiger charge is 2.28. The molecular weight excluding hydrogens is 194 g/mol. The second kappa shape index (κ2) is 4.84. The Morgan fingerprint density at radius 1 is 1.40 bits per heavy atom. The smallest absolute Gasteiger partial charge is 0.410 e. The monoisotopic (exact) mass is 213 g/mol. The number of hydrogen-bond acceptors (Lipinski definition) is 3. The van der Waals surface area contributed by atoms with Gasteiger partial charge in [0.1, 0.15) is 6.61 Å². The van der Waals surface area contributed by atoms with E-state index in [2.05, 4.69) is 0 Å². The summed E-state index contributed by atoms with van der Waals surface area (Å²) in [6.07, 6.45) is 5.28. The molecule has 0 aromatic carbocycles. The molecule has 1 heterocycles. The lowest BCUT2D eigenvalue weighted by atomic mass is 9.85. The summed E-state index contributed by atoms with van der Waals surface area (Å²) in [4.78, 5) is 12.8. The first-order valence-corrected chi connectivity index (χ1v) is 5.87. The number of ether oxygens (including phenoxy) is 1. The van der Waals surface area contributed by atoms with Crippen molar-refractivity contribution in [2.45, 2.75) is 38.2 Å². The summed E-state index contributed by atoms with van der Waals surface area (Å²) in [6.45, 7) is 1.54. The Kier molecular flexibility index (Phi) is 3.46. The summed E-state index contributed by atoms with van der Waals surface area (Å²) in [6, 6.07) is 0. The Morgan fingerprint density at radius 3 is 2.73 bits per heavy atom. The van der Waals surface area contributed by atoms with E-state index < -0.39 is 0 Å². The molecule has 0 radical (unpaired) electrons. The number of nitrogens with zero attached hydrogens (tertiary/aromatic N) is 1. The van der Waals surface area contributed by atoms with Crippen LogP contribution in [0.15, 0.2) is 0 Å². The van der Waals surface area contributed by atoms with Crippen molar-refractivity contribution in [3.63, 3.8) is 0 Å². The first kappa shape index (κ1) is 10.7. The molecule has 1 saturated heterocycles. The van der Waals surface area contributed by atoms with E-state index in [9.17, 15) is 9.90 Å². The van der Waals surface area contributed by atoms with Crippen molar-refractivity contribution in [2.75, 3.05) is 19.7 Å². The van der Waals surface area contributed by atoms with E-state index in [-0.39, 0.29) is 12.2 Å². The van der Waals surface area contributed by atoms with E-state index in [1.165, 1.54) is 19.3 Å². The maximum Gasteiger partial charge on any atom is 0.410 e. The number of carbonyl (C=O) groups is 1. The minimum Gasteiger partial charge on any atom is -0.448 e. The molecule has 2 fully saturated rings. The second-order valence-electron chi connectivity index (χ2n) is 4.53. The minimum atomic E-state index is -0.365. The van der Waals surface area contributed by atoms with Crippen molar-refractivity contribution in [1.29, 1.82) is 0 Å². The van der Waals surface area contributed by atoms with Gasteiger partial charge in [0.05, 0.1) is 19.2 Å². The van der Waals surface area contributed by atoms with E-state index in [1.807, 2.05) is 0 Å². The van der Waals surface area contributed by atoms with Crippen molar-refractivity contribution in [3.8, 4) is 0 Å². The molecule has 1 atom stereocenters. The van der Waals surface area contributed by atoms with Crippen LogP contribution in [-0.4, -0.2) is 41.9 Å². The average Bonchev–Trinajstić information content (AvgIpc) is 2.66. The van der Waals surface area contributed by atoms with Crippen LogP contribution in [0.3, 0.4) is 0 Å². The van der Waals surface area contributed by atoms with E-state index in [4.69, 9.17) is 4.74 Å². The Hall–Kier alpha value is -0.770. The highest BCUT2D eigenvalue weighted by atomic mass is 16.6. The van der Waals surface area contributed by atoms with Crippen LogP contribution >= 0.6 is 0 Å². The van der Waals surface area contributed by atoms with Crippen molar-refractivity contribution in [3.05, 3.63) is 0 Å². The lowest BCUT2D eigenvalue weighted by Gasteiger charge is -2.28.